The zero-order valence-corrected chi connectivity index (χ0v) is 31.4. The fourth-order valence-electron chi connectivity index (χ4n) is 6.91. The molecule has 6 rings (SSSR count). The number of fused-ring (bicyclic) bond motifs is 2. The van der Waals surface area contributed by atoms with Gasteiger partial charge < -0.3 is 29.0 Å². The Morgan fingerprint density at radius 2 is 1.08 bits per heavy atom. The lowest BCUT2D eigenvalue weighted by molar-refractivity contribution is -0.383. The molecule has 0 atom stereocenters. The minimum Gasteiger partial charge on any atom is -0.508 e. The molecule has 53 heavy (non-hydrogen) atoms. The lowest BCUT2D eigenvalue weighted by Crippen LogP contribution is -2.22. The first-order chi connectivity index (χ1) is 25.2. The maximum atomic E-state index is 11.8. The SMILES string of the molecule is CCN(CC)Cc1c(O)ccc2c([N+](=O)[O-])c(C)n(-c3ccc(OC)cc3)c12.Cc1ccc(-n2c(C)c([N+](=O)[O-])c3ccc(O)c(CN(C)C)c32)cc1. The second-order valence-corrected chi connectivity index (χ2v) is 13.2. The molecule has 0 amide bonds. The molecular weight excluding hydrogens is 676 g/mol. The van der Waals surface area contributed by atoms with Crippen molar-refractivity contribution in [2.45, 2.75) is 47.7 Å². The molecule has 0 radical (unpaired) electrons. The van der Waals surface area contributed by atoms with Crippen molar-refractivity contribution in [3.8, 4) is 28.6 Å². The van der Waals surface area contributed by atoms with E-state index in [1.807, 2.05) is 83.6 Å². The number of aromatic nitrogens is 2. The van der Waals surface area contributed by atoms with E-state index in [0.717, 1.165) is 30.0 Å². The van der Waals surface area contributed by atoms with Crippen LogP contribution in [0.25, 0.3) is 33.2 Å². The number of nitro groups is 2. The van der Waals surface area contributed by atoms with Gasteiger partial charge in [-0.25, -0.2) is 0 Å². The van der Waals surface area contributed by atoms with Gasteiger partial charge in [0, 0.05) is 35.6 Å². The predicted molar refractivity (Wildman–Crippen MR) is 208 cm³/mol. The zero-order valence-electron chi connectivity index (χ0n) is 31.4. The highest BCUT2D eigenvalue weighted by atomic mass is 16.6. The summed E-state index contributed by atoms with van der Waals surface area (Å²) >= 11 is 0. The van der Waals surface area contributed by atoms with E-state index in [9.17, 15) is 30.4 Å². The van der Waals surface area contributed by atoms with Crippen LogP contribution in [0.3, 0.4) is 0 Å². The molecule has 6 aromatic rings. The Kier molecular flexibility index (Phi) is 11.4. The van der Waals surface area contributed by atoms with Crippen molar-refractivity contribution in [2.75, 3.05) is 34.3 Å². The Morgan fingerprint density at radius 1 is 0.660 bits per heavy atom. The van der Waals surface area contributed by atoms with Crippen LogP contribution in [0.15, 0.2) is 72.8 Å². The maximum absolute atomic E-state index is 11.8. The van der Waals surface area contributed by atoms with E-state index in [1.54, 1.807) is 39.2 Å². The molecule has 0 bridgehead atoms. The molecule has 13 nitrogen and oxygen atoms in total. The molecule has 0 saturated carbocycles. The summed E-state index contributed by atoms with van der Waals surface area (Å²) in [7, 11) is 5.40. The third-order valence-corrected chi connectivity index (χ3v) is 9.57. The van der Waals surface area contributed by atoms with Crippen LogP contribution in [0.4, 0.5) is 11.4 Å². The number of rotatable bonds is 11. The molecule has 4 aromatic carbocycles. The second-order valence-electron chi connectivity index (χ2n) is 13.2. The zero-order chi connectivity index (χ0) is 38.7. The van der Waals surface area contributed by atoms with Gasteiger partial charge in [-0.05, 0) is 109 Å². The van der Waals surface area contributed by atoms with Gasteiger partial charge in [-0.3, -0.25) is 25.1 Å². The van der Waals surface area contributed by atoms with Gasteiger partial charge in [0.25, 0.3) is 11.4 Å². The summed E-state index contributed by atoms with van der Waals surface area (Å²) in [4.78, 5) is 26.9. The molecule has 0 aliphatic carbocycles. The van der Waals surface area contributed by atoms with Crippen LogP contribution in [-0.2, 0) is 13.1 Å². The summed E-state index contributed by atoms with van der Waals surface area (Å²) in [5.41, 5.74) is 6.67. The van der Waals surface area contributed by atoms with Gasteiger partial charge in [0.1, 0.15) is 17.2 Å². The smallest absolute Gasteiger partial charge is 0.298 e. The molecule has 278 valence electrons. The Hall–Kier alpha value is -5.92. The molecule has 0 unspecified atom stereocenters. The fourth-order valence-corrected chi connectivity index (χ4v) is 6.91. The van der Waals surface area contributed by atoms with Crippen LogP contribution < -0.4 is 4.74 Å². The fraction of sp³-hybridized carbons (Fsp3) is 0.300. The summed E-state index contributed by atoms with van der Waals surface area (Å²) in [5.74, 6) is 0.988. The Labute approximate surface area is 308 Å². The van der Waals surface area contributed by atoms with Gasteiger partial charge >= 0.3 is 0 Å². The number of nitrogens with zero attached hydrogens (tertiary/aromatic N) is 6. The van der Waals surface area contributed by atoms with Crippen molar-refractivity contribution in [1.82, 2.24) is 18.9 Å². The summed E-state index contributed by atoms with van der Waals surface area (Å²) in [6.07, 6.45) is 0. The van der Waals surface area contributed by atoms with Crippen LogP contribution in [-0.4, -0.2) is 73.3 Å². The lowest BCUT2D eigenvalue weighted by Gasteiger charge is -2.20. The first-order valence-corrected chi connectivity index (χ1v) is 17.3. The summed E-state index contributed by atoms with van der Waals surface area (Å²) < 4.78 is 8.95. The van der Waals surface area contributed by atoms with E-state index in [1.165, 1.54) is 6.07 Å². The first-order valence-electron chi connectivity index (χ1n) is 17.3. The second kappa shape index (κ2) is 15.8. The Morgan fingerprint density at radius 3 is 1.45 bits per heavy atom. The average molecular weight is 723 g/mol. The highest BCUT2D eigenvalue weighted by Crippen LogP contribution is 2.41. The van der Waals surface area contributed by atoms with Gasteiger partial charge in [0.15, 0.2) is 0 Å². The Bertz CT molecular complexity index is 2290. The monoisotopic (exact) mass is 722 g/mol. The number of methoxy groups -OCH3 is 1. The van der Waals surface area contributed by atoms with Gasteiger partial charge in [-0.2, -0.15) is 0 Å². The van der Waals surface area contributed by atoms with Crippen LogP contribution in [0.1, 0.15) is 41.9 Å². The molecule has 2 heterocycles. The summed E-state index contributed by atoms with van der Waals surface area (Å²) in [5, 5.41) is 45.6. The molecule has 0 spiro atoms. The van der Waals surface area contributed by atoms with E-state index in [-0.39, 0.29) is 32.7 Å². The number of phenolic OH excluding ortho intramolecular Hbond substituents is 2. The van der Waals surface area contributed by atoms with Gasteiger partial charge in [0.2, 0.25) is 0 Å². The maximum Gasteiger partial charge on any atom is 0.298 e. The molecule has 2 N–H and O–H groups in total. The molecule has 13 heteroatoms. The van der Waals surface area contributed by atoms with Crippen LogP contribution >= 0.6 is 0 Å². The molecule has 0 saturated heterocycles. The van der Waals surface area contributed by atoms with E-state index < -0.39 is 0 Å². The minimum absolute atomic E-state index is 0.0617. The van der Waals surface area contributed by atoms with E-state index >= 15 is 0 Å². The summed E-state index contributed by atoms with van der Waals surface area (Å²) in [6.45, 7) is 12.2. The Balaban J connectivity index is 0.000000206. The van der Waals surface area contributed by atoms with Crippen molar-refractivity contribution in [3.05, 3.63) is 121 Å². The quantitative estimate of drug-likeness (QED) is 0.0993. The first kappa shape index (κ1) is 38.3. The lowest BCUT2D eigenvalue weighted by atomic mass is 10.1. The molecular formula is C40H46N6O7. The predicted octanol–water partition coefficient (Wildman–Crippen LogP) is 8.33. The van der Waals surface area contributed by atoms with Crippen molar-refractivity contribution < 1.29 is 24.8 Å². The van der Waals surface area contributed by atoms with Crippen molar-refractivity contribution in [3.63, 3.8) is 0 Å². The topological polar surface area (TPSA) is 152 Å². The van der Waals surface area contributed by atoms with Crippen LogP contribution in [0.5, 0.6) is 17.2 Å². The summed E-state index contributed by atoms with van der Waals surface area (Å²) in [6, 6.07) is 21.5. The number of ether oxygens (including phenoxy) is 1. The van der Waals surface area contributed by atoms with E-state index in [2.05, 4.69) is 18.7 Å². The number of aryl methyl sites for hydroxylation is 1. The van der Waals surface area contributed by atoms with E-state index in [0.29, 0.717) is 63.2 Å². The van der Waals surface area contributed by atoms with Crippen LogP contribution in [0.2, 0.25) is 0 Å². The number of aromatic hydroxyl groups is 2. The highest BCUT2D eigenvalue weighted by molar-refractivity contribution is 5.97. The molecule has 2 aromatic heterocycles. The van der Waals surface area contributed by atoms with Crippen molar-refractivity contribution >= 4 is 33.2 Å². The standard InChI is InChI=1S/C21H25N3O4.C19H21N3O3/c1-5-22(6-2)13-18-19(25)12-11-17-20(24(26)27)14(3)23(21(17)18)15-7-9-16(28-4)10-8-15;1-12-5-7-14(8-6-12)21-13(2)18(22(24)25)15-9-10-17(23)16(19(15)21)11-20(3)4/h7-12,25H,5-6,13H2,1-4H3;5-10,23H,11H2,1-4H3. The number of hydrogen-bond acceptors (Lipinski definition) is 9. The number of benzene rings is 4. The van der Waals surface area contributed by atoms with Gasteiger partial charge in [-0.1, -0.05) is 31.5 Å². The number of phenols is 2. The average Bonchev–Trinajstić information content (AvgIpc) is 3.60. The molecule has 0 aliphatic rings. The largest absolute Gasteiger partial charge is 0.508 e. The third kappa shape index (κ3) is 7.39. The van der Waals surface area contributed by atoms with Gasteiger partial charge in [-0.15, -0.1) is 0 Å². The number of hydrogen-bond donors (Lipinski definition) is 2. The third-order valence-electron chi connectivity index (χ3n) is 9.57. The van der Waals surface area contributed by atoms with E-state index in [4.69, 9.17) is 4.74 Å². The molecule has 0 aliphatic heterocycles. The van der Waals surface area contributed by atoms with Gasteiger partial charge in [0.05, 0.1) is 50.2 Å². The minimum atomic E-state index is -0.351. The normalized spacial score (nSPS) is 11.4. The van der Waals surface area contributed by atoms with Crippen molar-refractivity contribution in [1.29, 1.82) is 0 Å². The van der Waals surface area contributed by atoms with Crippen LogP contribution in [0, 0.1) is 41.0 Å². The van der Waals surface area contributed by atoms with Crippen molar-refractivity contribution in [2.24, 2.45) is 0 Å². The molecule has 0 fully saturated rings. The highest BCUT2D eigenvalue weighted by Gasteiger charge is 2.29.